The van der Waals surface area contributed by atoms with Gasteiger partial charge in [0.25, 0.3) is 0 Å². The average Bonchev–Trinajstić information content (AvgIpc) is 2.72. The van der Waals surface area contributed by atoms with E-state index in [-0.39, 0.29) is 13.0 Å². The second-order valence-electron chi connectivity index (χ2n) is 4.29. The van der Waals surface area contributed by atoms with Crippen LogP contribution in [0.15, 0.2) is 33.5 Å². The number of para-hydroxylation sites is 2. The van der Waals surface area contributed by atoms with Crippen LogP contribution < -0.4 is 11.1 Å². The van der Waals surface area contributed by atoms with E-state index in [0.717, 1.165) is 0 Å². The third kappa shape index (κ3) is 2.71. The van der Waals surface area contributed by atoms with Gasteiger partial charge < -0.3 is 14.8 Å². The highest BCUT2D eigenvalue weighted by Gasteiger charge is 2.19. The van der Waals surface area contributed by atoms with Crippen molar-refractivity contribution in [2.75, 3.05) is 0 Å². The molecule has 0 aliphatic carbocycles. The molecule has 0 fully saturated rings. The van der Waals surface area contributed by atoms with Crippen LogP contribution in [-0.4, -0.2) is 27.6 Å². The van der Waals surface area contributed by atoms with Crippen molar-refractivity contribution in [3.63, 3.8) is 0 Å². The van der Waals surface area contributed by atoms with Crippen LogP contribution in [0, 0.1) is 0 Å². The molecule has 0 saturated carbocycles. The van der Waals surface area contributed by atoms with E-state index in [1.165, 1.54) is 4.57 Å². The molecule has 20 heavy (non-hydrogen) atoms. The van der Waals surface area contributed by atoms with Crippen molar-refractivity contribution in [1.29, 1.82) is 0 Å². The maximum Gasteiger partial charge on any atom is 0.420 e. The summed E-state index contributed by atoms with van der Waals surface area (Å²) in [6.07, 6.45) is 0.266. The number of carbonyl (C=O) groups is 2. The molecule has 1 heterocycles. The van der Waals surface area contributed by atoms with Crippen LogP contribution in [0.2, 0.25) is 0 Å². The number of aromatic nitrogens is 1. The molecule has 1 atom stereocenters. The fourth-order valence-electron chi connectivity index (χ4n) is 1.89. The topological polar surface area (TPSA) is 102 Å². The standard InChI is InChI=1S/C13H14N2O5/c1-2-8(12(17)18)14-11(16)7-15-9-5-3-4-6-10(9)20-13(15)19/h3-6,8H,2,7H2,1H3,(H,14,16)(H,17,18)/t8-/m0/s1. The van der Waals surface area contributed by atoms with E-state index < -0.39 is 23.7 Å². The Morgan fingerprint density at radius 3 is 2.75 bits per heavy atom. The molecule has 7 heteroatoms. The van der Waals surface area contributed by atoms with E-state index in [1.54, 1.807) is 31.2 Å². The lowest BCUT2D eigenvalue weighted by Gasteiger charge is -2.12. The maximum absolute atomic E-state index is 11.8. The van der Waals surface area contributed by atoms with Crippen molar-refractivity contribution < 1.29 is 19.1 Å². The molecule has 0 spiro atoms. The second-order valence-corrected chi connectivity index (χ2v) is 4.29. The Morgan fingerprint density at radius 1 is 1.40 bits per heavy atom. The number of hydrogen-bond donors (Lipinski definition) is 2. The third-order valence-electron chi connectivity index (χ3n) is 2.92. The van der Waals surface area contributed by atoms with Crippen LogP contribution in [0.25, 0.3) is 11.1 Å². The summed E-state index contributed by atoms with van der Waals surface area (Å²) in [5.41, 5.74) is 0.881. The molecule has 2 N–H and O–H groups in total. The fourth-order valence-corrected chi connectivity index (χ4v) is 1.89. The molecule has 0 aliphatic heterocycles. The van der Waals surface area contributed by atoms with Crippen LogP contribution in [0.1, 0.15) is 13.3 Å². The van der Waals surface area contributed by atoms with Gasteiger partial charge in [-0.3, -0.25) is 9.36 Å². The zero-order valence-corrected chi connectivity index (χ0v) is 10.8. The highest BCUT2D eigenvalue weighted by atomic mass is 16.4. The molecule has 106 valence electrons. The molecule has 1 aromatic carbocycles. The van der Waals surface area contributed by atoms with E-state index in [4.69, 9.17) is 9.52 Å². The van der Waals surface area contributed by atoms with Crippen LogP contribution in [-0.2, 0) is 16.1 Å². The molecule has 0 saturated heterocycles. The van der Waals surface area contributed by atoms with Crippen LogP contribution >= 0.6 is 0 Å². The molecule has 0 aliphatic rings. The van der Waals surface area contributed by atoms with Crippen molar-refractivity contribution in [2.45, 2.75) is 25.9 Å². The summed E-state index contributed by atoms with van der Waals surface area (Å²) in [6, 6.07) is 5.75. The second kappa shape index (κ2) is 5.60. The first kappa shape index (κ1) is 13.9. The first-order valence-corrected chi connectivity index (χ1v) is 6.13. The Balaban J connectivity index is 2.20. The number of amides is 1. The quantitative estimate of drug-likeness (QED) is 0.832. The Kier molecular flexibility index (Phi) is 3.88. The van der Waals surface area contributed by atoms with Crippen molar-refractivity contribution in [1.82, 2.24) is 9.88 Å². The lowest BCUT2D eigenvalue weighted by molar-refractivity contribution is -0.142. The molecule has 7 nitrogen and oxygen atoms in total. The number of oxazole rings is 1. The number of aliphatic carboxylic acids is 1. The minimum atomic E-state index is -1.11. The van der Waals surface area contributed by atoms with Gasteiger partial charge >= 0.3 is 11.7 Å². The largest absolute Gasteiger partial charge is 0.480 e. The molecular weight excluding hydrogens is 264 g/mol. The Bertz CT molecular complexity index is 700. The number of benzene rings is 1. The minimum Gasteiger partial charge on any atom is -0.480 e. The summed E-state index contributed by atoms with van der Waals surface area (Å²) >= 11 is 0. The van der Waals surface area contributed by atoms with Crippen molar-refractivity contribution in [3.05, 3.63) is 34.8 Å². The number of carboxylic acid groups (broad SMARTS) is 1. The SMILES string of the molecule is CC[C@H](NC(=O)Cn1c(=O)oc2ccccc21)C(=O)O. The molecule has 1 amide bonds. The van der Waals surface area contributed by atoms with Gasteiger partial charge in [0, 0.05) is 0 Å². The summed E-state index contributed by atoms with van der Waals surface area (Å²) in [4.78, 5) is 34.3. The summed E-state index contributed by atoms with van der Waals surface area (Å²) in [5, 5.41) is 11.2. The number of nitrogens with zero attached hydrogens (tertiary/aromatic N) is 1. The van der Waals surface area contributed by atoms with Gasteiger partial charge in [0.05, 0.1) is 5.52 Å². The van der Waals surface area contributed by atoms with Gasteiger partial charge in [-0.1, -0.05) is 19.1 Å². The van der Waals surface area contributed by atoms with Crippen molar-refractivity contribution in [2.24, 2.45) is 0 Å². The number of nitrogens with one attached hydrogen (secondary N) is 1. The Morgan fingerprint density at radius 2 is 2.10 bits per heavy atom. The van der Waals surface area contributed by atoms with Gasteiger partial charge in [0.1, 0.15) is 12.6 Å². The third-order valence-corrected chi connectivity index (χ3v) is 2.92. The molecule has 0 bridgehead atoms. The van der Waals surface area contributed by atoms with Gasteiger partial charge in [-0.25, -0.2) is 9.59 Å². The van der Waals surface area contributed by atoms with Gasteiger partial charge in [0.2, 0.25) is 5.91 Å². The van der Waals surface area contributed by atoms with Crippen LogP contribution in [0.5, 0.6) is 0 Å². The summed E-state index contributed by atoms with van der Waals surface area (Å²) in [7, 11) is 0. The maximum atomic E-state index is 11.8. The predicted molar refractivity (Wildman–Crippen MR) is 70.3 cm³/mol. The van der Waals surface area contributed by atoms with Crippen LogP contribution in [0.3, 0.4) is 0 Å². The van der Waals surface area contributed by atoms with Gasteiger partial charge in [-0.05, 0) is 18.6 Å². The molecule has 0 unspecified atom stereocenters. The number of fused-ring (bicyclic) bond motifs is 1. The van der Waals surface area contributed by atoms with Crippen molar-refractivity contribution in [3.8, 4) is 0 Å². The van der Waals surface area contributed by atoms with Crippen LogP contribution in [0.4, 0.5) is 0 Å². The van der Waals surface area contributed by atoms with Gasteiger partial charge in [-0.15, -0.1) is 0 Å². The summed E-state index contributed by atoms with van der Waals surface area (Å²) in [5.74, 6) is -2.30. The summed E-state index contributed by atoms with van der Waals surface area (Å²) in [6.45, 7) is 1.37. The van der Waals surface area contributed by atoms with E-state index in [1.807, 2.05) is 0 Å². The normalized spacial score (nSPS) is 12.2. The smallest absolute Gasteiger partial charge is 0.420 e. The number of carbonyl (C=O) groups excluding carboxylic acids is 1. The molecular formula is C13H14N2O5. The highest BCUT2D eigenvalue weighted by Crippen LogP contribution is 2.11. The van der Waals surface area contributed by atoms with E-state index >= 15 is 0 Å². The first-order valence-electron chi connectivity index (χ1n) is 6.13. The fraction of sp³-hybridized carbons (Fsp3) is 0.308. The number of rotatable bonds is 5. The Labute approximate surface area is 113 Å². The highest BCUT2D eigenvalue weighted by molar-refractivity contribution is 5.84. The van der Waals surface area contributed by atoms with Gasteiger partial charge in [-0.2, -0.15) is 0 Å². The minimum absolute atomic E-state index is 0.266. The lowest BCUT2D eigenvalue weighted by atomic mass is 10.2. The van der Waals surface area contributed by atoms with Gasteiger partial charge in [0.15, 0.2) is 5.58 Å². The zero-order chi connectivity index (χ0) is 14.7. The molecule has 2 aromatic rings. The molecule has 0 radical (unpaired) electrons. The van der Waals surface area contributed by atoms with Crippen molar-refractivity contribution >= 4 is 23.0 Å². The lowest BCUT2D eigenvalue weighted by Crippen LogP contribution is -2.42. The molecule has 2 rings (SSSR count). The number of hydrogen-bond acceptors (Lipinski definition) is 4. The van der Waals surface area contributed by atoms with E-state index in [0.29, 0.717) is 11.1 Å². The monoisotopic (exact) mass is 278 g/mol. The van der Waals surface area contributed by atoms with E-state index in [9.17, 15) is 14.4 Å². The summed E-state index contributed by atoms with van der Waals surface area (Å²) < 4.78 is 6.16. The Hall–Kier alpha value is -2.57. The zero-order valence-electron chi connectivity index (χ0n) is 10.8. The first-order chi connectivity index (χ1) is 9.52. The number of carboxylic acids is 1. The molecule has 1 aromatic heterocycles. The predicted octanol–water partition coefficient (Wildman–Crippen LogP) is 0.574. The average molecular weight is 278 g/mol. The van der Waals surface area contributed by atoms with E-state index in [2.05, 4.69) is 5.32 Å².